The highest BCUT2D eigenvalue weighted by molar-refractivity contribution is 6.22. The molecule has 1 unspecified atom stereocenters. The van der Waals surface area contributed by atoms with Crippen molar-refractivity contribution in [2.45, 2.75) is 38.8 Å². The third-order valence-electron chi connectivity index (χ3n) is 5.76. The Balaban J connectivity index is 1.35. The first-order valence-corrected chi connectivity index (χ1v) is 11.7. The highest BCUT2D eigenvalue weighted by atomic mass is 16.5. The van der Waals surface area contributed by atoms with Gasteiger partial charge in [-0.1, -0.05) is 54.6 Å². The SMILES string of the molecule is CC(C)(C)NC1CC(=O)N(c2ccc(C(=O)OCC(=O)c3ccc(-c4ccccc4)cc3)cc2)C1=O. The van der Waals surface area contributed by atoms with E-state index in [4.69, 9.17) is 4.74 Å². The van der Waals surface area contributed by atoms with Gasteiger partial charge in [0, 0.05) is 11.1 Å². The molecule has 7 heteroatoms. The number of benzene rings is 3. The number of ether oxygens (including phenoxy) is 1. The molecule has 0 bridgehead atoms. The van der Waals surface area contributed by atoms with Crippen molar-refractivity contribution in [3.63, 3.8) is 0 Å². The van der Waals surface area contributed by atoms with E-state index in [1.807, 2.05) is 63.2 Å². The third kappa shape index (κ3) is 5.75. The number of anilines is 1. The largest absolute Gasteiger partial charge is 0.454 e. The molecule has 4 rings (SSSR count). The molecular formula is C29H28N2O5. The van der Waals surface area contributed by atoms with Crippen LogP contribution in [0.1, 0.15) is 47.9 Å². The minimum atomic E-state index is -0.665. The van der Waals surface area contributed by atoms with Crippen LogP contribution in [0.3, 0.4) is 0 Å². The zero-order chi connectivity index (χ0) is 25.9. The smallest absolute Gasteiger partial charge is 0.338 e. The van der Waals surface area contributed by atoms with Crippen molar-refractivity contribution >= 4 is 29.3 Å². The molecule has 1 saturated heterocycles. The van der Waals surface area contributed by atoms with Gasteiger partial charge < -0.3 is 10.1 Å². The van der Waals surface area contributed by atoms with Gasteiger partial charge in [0.25, 0.3) is 5.91 Å². The maximum Gasteiger partial charge on any atom is 0.338 e. The van der Waals surface area contributed by atoms with Crippen LogP contribution in [0.4, 0.5) is 5.69 Å². The Labute approximate surface area is 210 Å². The minimum Gasteiger partial charge on any atom is -0.454 e. The summed E-state index contributed by atoms with van der Waals surface area (Å²) < 4.78 is 5.19. The van der Waals surface area contributed by atoms with Crippen LogP contribution in [0, 0.1) is 0 Å². The second-order valence-corrected chi connectivity index (χ2v) is 9.71. The van der Waals surface area contributed by atoms with Gasteiger partial charge in [0.2, 0.25) is 5.91 Å². The lowest BCUT2D eigenvalue weighted by Crippen LogP contribution is -2.47. The van der Waals surface area contributed by atoms with Gasteiger partial charge in [0.05, 0.1) is 23.7 Å². The molecule has 2 amide bonds. The molecule has 36 heavy (non-hydrogen) atoms. The van der Waals surface area contributed by atoms with Gasteiger partial charge in [0.1, 0.15) is 0 Å². The summed E-state index contributed by atoms with van der Waals surface area (Å²) in [5.74, 6) is -1.61. The van der Waals surface area contributed by atoms with E-state index in [9.17, 15) is 19.2 Å². The molecule has 1 fully saturated rings. The monoisotopic (exact) mass is 484 g/mol. The minimum absolute atomic E-state index is 0.0777. The standard InChI is InChI=1S/C29H28N2O5/c1-29(2,3)30-24-17-26(33)31(27(24)34)23-15-13-22(14-16-23)28(35)36-18-25(32)21-11-9-20(10-12-21)19-7-5-4-6-8-19/h4-16,24,30H,17-18H2,1-3H3. The zero-order valence-electron chi connectivity index (χ0n) is 20.5. The molecule has 7 nitrogen and oxygen atoms in total. The summed E-state index contributed by atoms with van der Waals surface area (Å²) in [6.45, 7) is 5.39. The van der Waals surface area contributed by atoms with Gasteiger partial charge in [-0.2, -0.15) is 0 Å². The van der Waals surface area contributed by atoms with E-state index in [0.29, 0.717) is 11.3 Å². The van der Waals surface area contributed by atoms with Crippen LogP contribution >= 0.6 is 0 Å². The van der Waals surface area contributed by atoms with Crippen LogP contribution in [-0.4, -0.2) is 41.8 Å². The molecule has 1 aliphatic heterocycles. The summed E-state index contributed by atoms with van der Waals surface area (Å²) in [4.78, 5) is 51.3. The number of hydrogen-bond donors (Lipinski definition) is 1. The highest BCUT2D eigenvalue weighted by Crippen LogP contribution is 2.25. The van der Waals surface area contributed by atoms with Gasteiger partial charge in [-0.3, -0.25) is 14.4 Å². The number of hydrogen-bond acceptors (Lipinski definition) is 6. The Morgan fingerprint density at radius 1 is 0.861 bits per heavy atom. The fourth-order valence-corrected chi connectivity index (χ4v) is 4.06. The first-order chi connectivity index (χ1) is 17.1. The van der Waals surface area contributed by atoms with E-state index in [-0.39, 0.29) is 35.1 Å². The molecule has 184 valence electrons. The molecule has 0 aromatic heterocycles. The lowest BCUT2D eigenvalue weighted by Gasteiger charge is -2.24. The van der Waals surface area contributed by atoms with E-state index in [1.165, 1.54) is 24.3 Å². The second kappa shape index (κ2) is 10.3. The van der Waals surface area contributed by atoms with Gasteiger partial charge in [-0.15, -0.1) is 0 Å². The van der Waals surface area contributed by atoms with Gasteiger partial charge >= 0.3 is 5.97 Å². The average molecular weight is 485 g/mol. The molecule has 0 spiro atoms. The van der Waals surface area contributed by atoms with Crippen molar-refractivity contribution in [2.75, 3.05) is 11.5 Å². The number of carbonyl (C=O) groups excluding carboxylic acids is 4. The molecule has 1 heterocycles. The molecular weight excluding hydrogens is 456 g/mol. The Kier molecular flexibility index (Phi) is 7.12. The third-order valence-corrected chi connectivity index (χ3v) is 5.76. The van der Waals surface area contributed by atoms with Gasteiger partial charge in [0.15, 0.2) is 12.4 Å². The summed E-state index contributed by atoms with van der Waals surface area (Å²) in [7, 11) is 0. The fourth-order valence-electron chi connectivity index (χ4n) is 4.06. The van der Waals surface area contributed by atoms with Gasteiger partial charge in [-0.05, 0) is 56.2 Å². The normalized spacial score (nSPS) is 15.8. The lowest BCUT2D eigenvalue weighted by molar-refractivity contribution is -0.121. The van der Waals surface area contributed by atoms with Crippen LogP contribution < -0.4 is 10.2 Å². The Morgan fingerprint density at radius 2 is 1.44 bits per heavy atom. The van der Waals surface area contributed by atoms with E-state index < -0.39 is 18.6 Å². The van der Waals surface area contributed by atoms with E-state index in [2.05, 4.69) is 5.32 Å². The Bertz CT molecular complexity index is 1280. The molecule has 1 aliphatic rings. The van der Waals surface area contributed by atoms with E-state index >= 15 is 0 Å². The molecule has 1 atom stereocenters. The molecule has 3 aromatic rings. The van der Waals surface area contributed by atoms with Crippen molar-refractivity contribution in [2.24, 2.45) is 0 Å². The molecule has 0 saturated carbocycles. The van der Waals surface area contributed by atoms with Crippen molar-refractivity contribution in [3.05, 3.63) is 90.0 Å². The summed E-state index contributed by atoms with van der Waals surface area (Å²) in [6.07, 6.45) is 0.0777. The quantitative estimate of drug-likeness (QED) is 0.303. The summed E-state index contributed by atoms with van der Waals surface area (Å²) in [5.41, 5.74) is 2.77. The van der Waals surface area contributed by atoms with Gasteiger partial charge in [-0.25, -0.2) is 9.69 Å². The Morgan fingerprint density at radius 3 is 2.06 bits per heavy atom. The topological polar surface area (TPSA) is 92.8 Å². The van der Waals surface area contributed by atoms with E-state index in [1.54, 1.807) is 12.1 Å². The number of imide groups is 1. The number of rotatable bonds is 7. The maximum absolute atomic E-state index is 12.7. The predicted octanol–water partition coefficient (Wildman–Crippen LogP) is 4.41. The van der Waals surface area contributed by atoms with Crippen LogP contribution in [0.15, 0.2) is 78.9 Å². The highest BCUT2D eigenvalue weighted by Gasteiger charge is 2.40. The summed E-state index contributed by atoms with van der Waals surface area (Å²) in [5, 5.41) is 3.16. The zero-order valence-corrected chi connectivity index (χ0v) is 20.5. The number of nitrogens with zero attached hydrogens (tertiary/aromatic N) is 1. The number of amides is 2. The fraction of sp³-hybridized carbons (Fsp3) is 0.241. The lowest BCUT2D eigenvalue weighted by atomic mass is 10.0. The number of carbonyl (C=O) groups is 4. The number of ketones is 1. The predicted molar refractivity (Wildman–Crippen MR) is 137 cm³/mol. The molecule has 0 aliphatic carbocycles. The average Bonchev–Trinajstić information content (AvgIpc) is 3.14. The first-order valence-electron chi connectivity index (χ1n) is 11.7. The molecule has 3 aromatic carbocycles. The number of Topliss-reactive ketones (excluding diaryl/α,β-unsaturated/α-hetero) is 1. The molecule has 0 radical (unpaired) electrons. The van der Waals surface area contributed by atoms with E-state index in [0.717, 1.165) is 16.0 Å². The summed E-state index contributed by atoms with van der Waals surface area (Å²) >= 11 is 0. The molecule has 1 N–H and O–H groups in total. The van der Waals surface area contributed by atoms with Crippen LogP contribution in [0.5, 0.6) is 0 Å². The number of nitrogens with one attached hydrogen (secondary N) is 1. The number of esters is 1. The Hall–Kier alpha value is -4.10. The van der Waals surface area contributed by atoms with Crippen LogP contribution in [-0.2, 0) is 14.3 Å². The van der Waals surface area contributed by atoms with Crippen molar-refractivity contribution in [1.29, 1.82) is 0 Å². The van der Waals surface area contributed by atoms with Crippen molar-refractivity contribution < 1.29 is 23.9 Å². The maximum atomic E-state index is 12.7. The van der Waals surface area contributed by atoms with Crippen molar-refractivity contribution in [3.8, 4) is 11.1 Å². The first kappa shape index (κ1) is 25.0. The second-order valence-electron chi connectivity index (χ2n) is 9.71. The summed E-state index contributed by atoms with van der Waals surface area (Å²) in [6, 6.07) is 22.3. The van der Waals surface area contributed by atoms with Crippen molar-refractivity contribution in [1.82, 2.24) is 5.32 Å². The van der Waals surface area contributed by atoms with Crippen LogP contribution in [0.25, 0.3) is 11.1 Å². The van der Waals surface area contributed by atoms with Crippen LogP contribution in [0.2, 0.25) is 0 Å².